The minimum atomic E-state index is -0.209. The van der Waals surface area contributed by atoms with E-state index < -0.39 is 0 Å². The Labute approximate surface area is 218 Å². The van der Waals surface area contributed by atoms with Gasteiger partial charge in [-0.2, -0.15) is 0 Å². The number of pyridine rings is 1. The summed E-state index contributed by atoms with van der Waals surface area (Å²) in [5.74, 6) is 0.772. The van der Waals surface area contributed by atoms with Crippen LogP contribution in [-0.4, -0.2) is 35.1 Å². The number of carbonyl (C=O) groups is 1. The lowest BCUT2D eigenvalue weighted by Gasteiger charge is -2.13. The molecule has 5 heterocycles. The fraction of sp³-hybridized carbons (Fsp3) is 0.120. The van der Waals surface area contributed by atoms with Gasteiger partial charge in [0.05, 0.1) is 41.4 Å². The molecule has 0 radical (unpaired) electrons. The topological polar surface area (TPSA) is 98.3 Å². The maximum atomic E-state index is 13.1. The number of rotatable bonds is 2. The first kappa shape index (κ1) is 22.8. The second kappa shape index (κ2) is 9.41. The van der Waals surface area contributed by atoms with Gasteiger partial charge in [0.25, 0.3) is 5.91 Å². The standard InChI is InChI=1S/C25H19N5O3S3/c1-32-19-5-3-14-8-16(19)24(31)26-11-15-4-6-20(34-15)22-23-17(28-12-29-22)9-21(35-23)13-7-18(30-36-14)25(33-2)27-10-13/h3-10,12,30H,11H2,1-2H3,(H,26,31). The van der Waals surface area contributed by atoms with E-state index in [9.17, 15) is 4.79 Å². The molecule has 0 aliphatic carbocycles. The predicted molar refractivity (Wildman–Crippen MR) is 144 cm³/mol. The molecule has 36 heavy (non-hydrogen) atoms. The summed E-state index contributed by atoms with van der Waals surface area (Å²) < 4.78 is 15.3. The minimum Gasteiger partial charge on any atom is -0.496 e. The van der Waals surface area contributed by atoms with Crippen LogP contribution in [0.3, 0.4) is 0 Å². The number of carbonyl (C=O) groups excluding carboxylic acids is 1. The highest BCUT2D eigenvalue weighted by molar-refractivity contribution is 8.00. The number of aromatic nitrogens is 3. The second-order valence-electron chi connectivity index (χ2n) is 7.84. The van der Waals surface area contributed by atoms with Crippen molar-refractivity contribution in [2.75, 3.05) is 18.9 Å². The van der Waals surface area contributed by atoms with Crippen LogP contribution < -0.4 is 19.5 Å². The lowest BCUT2D eigenvalue weighted by atomic mass is 10.2. The molecule has 0 unspecified atom stereocenters. The van der Waals surface area contributed by atoms with Crippen LogP contribution in [0, 0.1) is 0 Å². The molecule has 0 saturated carbocycles. The number of methoxy groups -OCH3 is 2. The summed E-state index contributed by atoms with van der Waals surface area (Å²) in [5, 5.41) is 3.02. The first-order valence-corrected chi connectivity index (χ1v) is 13.3. The average Bonchev–Trinajstić information content (AvgIpc) is 3.57. The molecule has 4 aromatic heterocycles. The third-order valence-corrected chi connectivity index (χ3v) is 8.74. The zero-order valence-corrected chi connectivity index (χ0v) is 21.6. The molecule has 0 atom stereocenters. The number of hydrogen-bond donors (Lipinski definition) is 2. The predicted octanol–water partition coefficient (Wildman–Crippen LogP) is 5.86. The Balaban J connectivity index is 1.51. The van der Waals surface area contributed by atoms with Gasteiger partial charge in [-0.3, -0.25) is 4.79 Å². The summed E-state index contributed by atoms with van der Waals surface area (Å²) in [6.45, 7) is 0.402. The Morgan fingerprint density at radius 2 is 1.86 bits per heavy atom. The Morgan fingerprint density at radius 3 is 2.72 bits per heavy atom. The van der Waals surface area contributed by atoms with Crippen molar-refractivity contribution < 1.29 is 14.3 Å². The largest absolute Gasteiger partial charge is 0.496 e. The van der Waals surface area contributed by atoms with Crippen molar-refractivity contribution in [3.05, 3.63) is 65.4 Å². The van der Waals surface area contributed by atoms with Crippen LogP contribution in [0.5, 0.6) is 11.6 Å². The van der Waals surface area contributed by atoms with Gasteiger partial charge in [0, 0.05) is 26.4 Å². The van der Waals surface area contributed by atoms with Crippen molar-refractivity contribution in [3.8, 4) is 32.6 Å². The SMILES string of the molecule is COc1ccc2cc1C(=O)NCc1ccc(s1)-c1ncnc3cc(sc13)-c1cnc(OC)c(c1)NS2. The zero-order chi connectivity index (χ0) is 24.6. The lowest BCUT2D eigenvalue weighted by Crippen LogP contribution is -2.23. The van der Waals surface area contributed by atoms with Crippen molar-refractivity contribution in [1.82, 2.24) is 20.3 Å². The number of nitrogens with one attached hydrogen (secondary N) is 2. The molecule has 0 fully saturated rings. The van der Waals surface area contributed by atoms with Gasteiger partial charge in [-0.15, -0.1) is 22.7 Å². The van der Waals surface area contributed by atoms with Crippen molar-refractivity contribution in [2.24, 2.45) is 0 Å². The highest BCUT2D eigenvalue weighted by atomic mass is 32.2. The minimum absolute atomic E-state index is 0.209. The number of amides is 1. The summed E-state index contributed by atoms with van der Waals surface area (Å²) in [7, 11) is 3.14. The summed E-state index contributed by atoms with van der Waals surface area (Å²) in [6.07, 6.45) is 3.39. The lowest BCUT2D eigenvalue weighted by molar-refractivity contribution is 0.0948. The molecule has 180 valence electrons. The second-order valence-corrected chi connectivity index (χ2v) is 10.9. The summed E-state index contributed by atoms with van der Waals surface area (Å²) >= 11 is 4.59. The zero-order valence-electron chi connectivity index (χ0n) is 19.2. The van der Waals surface area contributed by atoms with Gasteiger partial charge in [0.1, 0.15) is 23.5 Å². The van der Waals surface area contributed by atoms with Gasteiger partial charge in [-0.1, -0.05) is 0 Å². The number of anilines is 1. The van der Waals surface area contributed by atoms with E-state index in [2.05, 4.69) is 31.1 Å². The van der Waals surface area contributed by atoms with E-state index >= 15 is 0 Å². The average molecular weight is 534 g/mol. The molecule has 1 aliphatic heterocycles. The maximum absolute atomic E-state index is 13.1. The van der Waals surface area contributed by atoms with Crippen molar-refractivity contribution in [1.29, 1.82) is 0 Å². The molecular formula is C25H19N5O3S3. The summed E-state index contributed by atoms with van der Waals surface area (Å²) in [5.41, 5.74) is 3.88. The van der Waals surface area contributed by atoms with Crippen LogP contribution in [-0.2, 0) is 6.54 Å². The van der Waals surface area contributed by atoms with Gasteiger partial charge in [-0.25, -0.2) is 15.0 Å². The van der Waals surface area contributed by atoms with E-state index in [-0.39, 0.29) is 5.91 Å². The normalized spacial score (nSPS) is 13.0. The van der Waals surface area contributed by atoms with E-state index in [1.807, 2.05) is 24.3 Å². The first-order valence-electron chi connectivity index (χ1n) is 10.9. The number of ether oxygens (including phenoxy) is 2. The van der Waals surface area contributed by atoms with Gasteiger partial charge in [0.15, 0.2) is 0 Å². The van der Waals surface area contributed by atoms with E-state index in [0.717, 1.165) is 46.7 Å². The highest BCUT2D eigenvalue weighted by Gasteiger charge is 2.18. The van der Waals surface area contributed by atoms with Crippen LogP contribution in [0.15, 0.2) is 59.9 Å². The number of hydrogen-bond acceptors (Lipinski definition) is 10. The number of thiophene rings is 2. The molecule has 8 bridgehead atoms. The van der Waals surface area contributed by atoms with Crippen molar-refractivity contribution >= 4 is 56.4 Å². The maximum Gasteiger partial charge on any atom is 0.255 e. The van der Waals surface area contributed by atoms with Crippen LogP contribution in [0.4, 0.5) is 5.69 Å². The van der Waals surface area contributed by atoms with Crippen molar-refractivity contribution in [2.45, 2.75) is 11.4 Å². The van der Waals surface area contributed by atoms with E-state index in [1.165, 1.54) is 11.9 Å². The third-order valence-electron chi connectivity index (χ3n) is 5.65. The molecular weight excluding hydrogens is 515 g/mol. The van der Waals surface area contributed by atoms with Crippen LogP contribution >= 0.6 is 34.6 Å². The molecule has 0 saturated heterocycles. The molecule has 2 N–H and O–H groups in total. The summed E-state index contributed by atoms with van der Waals surface area (Å²) in [4.78, 5) is 30.6. The van der Waals surface area contributed by atoms with Crippen molar-refractivity contribution in [3.63, 3.8) is 0 Å². The molecule has 8 nitrogen and oxygen atoms in total. The Bertz CT molecular complexity index is 1610. The fourth-order valence-electron chi connectivity index (χ4n) is 3.90. The van der Waals surface area contributed by atoms with Gasteiger partial charge in [-0.05, 0) is 54.4 Å². The number of benzene rings is 1. The Morgan fingerprint density at radius 1 is 0.944 bits per heavy atom. The van der Waals surface area contributed by atoms with Gasteiger partial charge < -0.3 is 19.5 Å². The number of nitrogens with zero attached hydrogens (tertiary/aromatic N) is 3. The third kappa shape index (κ3) is 4.15. The molecule has 1 amide bonds. The molecule has 1 aromatic carbocycles. The molecule has 0 spiro atoms. The smallest absolute Gasteiger partial charge is 0.255 e. The monoisotopic (exact) mass is 533 g/mol. The van der Waals surface area contributed by atoms with Crippen LogP contribution in [0.2, 0.25) is 0 Å². The van der Waals surface area contributed by atoms with Gasteiger partial charge in [0.2, 0.25) is 5.88 Å². The van der Waals surface area contributed by atoms with Crippen LogP contribution in [0.1, 0.15) is 15.2 Å². The summed E-state index contributed by atoms with van der Waals surface area (Å²) in [6, 6.07) is 13.6. The number of fused-ring (bicyclic) bond motifs is 9. The van der Waals surface area contributed by atoms with E-state index in [0.29, 0.717) is 23.7 Å². The van der Waals surface area contributed by atoms with Crippen LogP contribution in [0.25, 0.3) is 31.2 Å². The Kier molecular flexibility index (Phi) is 5.96. The van der Waals surface area contributed by atoms with Gasteiger partial charge >= 0.3 is 0 Å². The highest BCUT2D eigenvalue weighted by Crippen LogP contribution is 2.41. The first-order chi connectivity index (χ1) is 17.6. The molecule has 6 rings (SSSR count). The molecule has 1 aliphatic rings. The fourth-order valence-corrected chi connectivity index (χ4v) is 6.70. The van der Waals surface area contributed by atoms with E-state index in [1.54, 1.807) is 61.6 Å². The quantitative estimate of drug-likeness (QED) is 0.272. The Hall–Kier alpha value is -3.67. The van der Waals surface area contributed by atoms with E-state index in [4.69, 9.17) is 9.47 Å². The molecule has 5 aromatic rings. The molecule has 11 heteroatoms.